The zero-order valence-corrected chi connectivity index (χ0v) is 41.7. The van der Waals surface area contributed by atoms with Gasteiger partial charge in [0.2, 0.25) is 53.2 Å². The summed E-state index contributed by atoms with van der Waals surface area (Å²) in [4.78, 5) is 146. The standard InChI is InChI=1S/C48H68N10O16/c1-23(2)17-31(40(50)66)52-46(72)35(22-59)56-41(67)25(5)51-43(69)32(19-27-10-14-29(61)15-11-27)54-44(70)33(20-37(62)63)55-47(73)36-7-6-16-58(36)48(74)39(24(3)4)57-45(71)34(21-38(64)65)53-42(68)30(49)18-26-8-12-28(60)13-9-26/h8-15,23-25,30-36,39,59-61H,6-7,16-22,49H2,1-5H3,(H2,50,66)(H,51,69)(H,52,72)(H,53,68)(H,54,70)(H,55,73)(H,56,67)(H,57,71)(H,62,63)(H,64,65)/t25-,30-,31-,32-,33-,34-,35-,36-,39-/m0/s1. The Morgan fingerprint density at radius 1 is 0.595 bits per heavy atom. The Bertz CT molecular complexity index is 2350. The molecule has 1 aliphatic heterocycles. The van der Waals surface area contributed by atoms with Crippen molar-refractivity contribution in [2.24, 2.45) is 23.3 Å². The summed E-state index contributed by atoms with van der Waals surface area (Å²) in [6.07, 6.45) is -1.86. The van der Waals surface area contributed by atoms with Gasteiger partial charge in [-0.1, -0.05) is 52.0 Å². The molecule has 16 N–H and O–H groups in total. The molecule has 0 unspecified atom stereocenters. The number of nitrogens with one attached hydrogen (secondary N) is 7. The summed E-state index contributed by atoms with van der Waals surface area (Å²) in [6, 6.07) is -2.12. The summed E-state index contributed by atoms with van der Waals surface area (Å²) in [5.41, 5.74) is 12.4. The van der Waals surface area contributed by atoms with E-state index in [1.54, 1.807) is 27.7 Å². The van der Waals surface area contributed by atoms with Crippen LogP contribution >= 0.6 is 0 Å². The fourth-order valence-electron chi connectivity index (χ4n) is 7.75. The molecule has 1 aliphatic rings. The number of aromatic hydroxyl groups is 2. The van der Waals surface area contributed by atoms with Gasteiger partial charge in [-0.2, -0.15) is 0 Å². The van der Waals surface area contributed by atoms with Crippen molar-refractivity contribution in [3.63, 3.8) is 0 Å². The van der Waals surface area contributed by atoms with Crippen LogP contribution < -0.4 is 48.7 Å². The molecule has 0 spiro atoms. The highest BCUT2D eigenvalue weighted by Crippen LogP contribution is 2.22. The van der Waals surface area contributed by atoms with Crippen molar-refractivity contribution in [1.82, 2.24) is 42.1 Å². The van der Waals surface area contributed by atoms with Gasteiger partial charge in [0, 0.05) is 13.0 Å². The minimum atomic E-state index is -1.88. The summed E-state index contributed by atoms with van der Waals surface area (Å²) in [5.74, 6) is -12.6. The number of rotatable bonds is 28. The van der Waals surface area contributed by atoms with Crippen LogP contribution in [0.4, 0.5) is 0 Å². The van der Waals surface area contributed by atoms with Gasteiger partial charge >= 0.3 is 11.9 Å². The Morgan fingerprint density at radius 2 is 1.05 bits per heavy atom. The van der Waals surface area contributed by atoms with Gasteiger partial charge < -0.3 is 79.1 Å². The molecule has 1 saturated heterocycles. The van der Waals surface area contributed by atoms with Crippen LogP contribution in [0.5, 0.6) is 11.5 Å². The van der Waals surface area contributed by atoms with Crippen LogP contribution in [-0.2, 0) is 65.6 Å². The van der Waals surface area contributed by atoms with Crippen LogP contribution in [0.2, 0.25) is 0 Å². The lowest BCUT2D eigenvalue weighted by molar-refractivity contribution is -0.145. The number of amides is 9. The van der Waals surface area contributed by atoms with Gasteiger partial charge in [-0.05, 0) is 79.8 Å². The van der Waals surface area contributed by atoms with E-state index in [9.17, 15) is 78.3 Å². The van der Waals surface area contributed by atoms with E-state index < -0.39 is 145 Å². The minimum absolute atomic E-state index is 0.0165. The second-order valence-corrected chi connectivity index (χ2v) is 18.7. The maximum absolute atomic E-state index is 14.2. The highest BCUT2D eigenvalue weighted by molar-refractivity contribution is 5.99. The molecule has 406 valence electrons. The molecule has 3 rings (SSSR count). The number of carboxylic acid groups (broad SMARTS) is 2. The normalized spacial score (nSPS) is 16.4. The third-order valence-electron chi connectivity index (χ3n) is 11.8. The lowest BCUT2D eigenvalue weighted by Gasteiger charge is -2.32. The van der Waals surface area contributed by atoms with E-state index in [2.05, 4.69) is 37.2 Å². The largest absolute Gasteiger partial charge is 0.508 e. The number of nitrogens with two attached hydrogens (primary N) is 2. The Morgan fingerprint density at radius 3 is 1.55 bits per heavy atom. The van der Waals surface area contributed by atoms with Gasteiger partial charge in [0.1, 0.15) is 59.8 Å². The molecule has 0 saturated carbocycles. The van der Waals surface area contributed by atoms with Gasteiger partial charge in [-0.25, -0.2) is 0 Å². The molecule has 1 fully saturated rings. The van der Waals surface area contributed by atoms with Gasteiger partial charge in [0.15, 0.2) is 0 Å². The fraction of sp³-hybridized carbons (Fsp3) is 0.521. The summed E-state index contributed by atoms with van der Waals surface area (Å²) in [5, 5.41) is 65.3. The Balaban J connectivity index is 1.79. The summed E-state index contributed by atoms with van der Waals surface area (Å²) >= 11 is 0. The molecule has 1 heterocycles. The molecule has 0 aromatic heterocycles. The highest BCUT2D eigenvalue weighted by Gasteiger charge is 2.41. The first-order valence-corrected chi connectivity index (χ1v) is 23.8. The molecule has 2 aromatic carbocycles. The Kier molecular flexibility index (Phi) is 23.2. The molecular formula is C48H68N10O16. The zero-order valence-electron chi connectivity index (χ0n) is 41.7. The molecule has 2 aromatic rings. The number of hydrogen-bond acceptors (Lipinski definition) is 15. The average molecular weight is 1040 g/mol. The number of hydrogen-bond donors (Lipinski definition) is 14. The van der Waals surface area contributed by atoms with Crippen LogP contribution in [-0.4, -0.2) is 163 Å². The summed E-state index contributed by atoms with van der Waals surface area (Å²) in [7, 11) is 0. The van der Waals surface area contributed by atoms with E-state index in [1.807, 2.05) is 0 Å². The number of nitrogens with zero attached hydrogens (tertiary/aromatic N) is 1. The number of primary amides is 1. The molecule has 0 bridgehead atoms. The maximum Gasteiger partial charge on any atom is 0.305 e. The van der Waals surface area contributed by atoms with Crippen molar-refractivity contribution >= 4 is 65.1 Å². The zero-order chi connectivity index (χ0) is 55.6. The molecule has 0 radical (unpaired) electrons. The molecule has 9 atom stereocenters. The summed E-state index contributed by atoms with van der Waals surface area (Å²) in [6.45, 7) is 6.92. The van der Waals surface area contributed by atoms with E-state index in [1.165, 1.54) is 55.5 Å². The van der Waals surface area contributed by atoms with Crippen molar-refractivity contribution in [3.05, 3.63) is 59.7 Å². The van der Waals surface area contributed by atoms with Crippen molar-refractivity contribution in [1.29, 1.82) is 0 Å². The van der Waals surface area contributed by atoms with Crippen molar-refractivity contribution in [2.45, 2.75) is 134 Å². The van der Waals surface area contributed by atoms with Gasteiger partial charge in [-0.3, -0.25) is 52.7 Å². The lowest BCUT2D eigenvalue weighted by Crippen LogP contribution is -2.61. The number of aliphatic carboxylic acids is 2. The number of likely N-dealkylation sites (tertiary alicyclic amines) is 1. The molecule has 9 amide bonds. The first kappa shape index (κ1) is 60.4. The lowest BCUT2D eigenvalue weighted by atomic mass is 10.0. The SMILES string of the molecule is CC(C)C[C@H](NC(=O)[C@H](CO)NC(=O)[C@H](C)NC(=O)[C@H](Cc1ccc(O)cc1)NC(=O)[C@H](CC(=O)O)NC(=O)[C@@H]1CCCN1C(=O)[C@@H](NC(=O)[C@H](CC(=O)O)NC(=O)[C@@H](N)Cc1ccc(O)cc1)C(C)C)C(N)=O. The van der Waals surface area contributed by atoms with Crippen LogP contribution in [0.15, 0.2) is 48.5 Å². The predicted molar refractivity (Wildman–Crippen MR) is 261 cm³/mol. The highest BCUT2D eigenvalue weighted by atomic mass is 16.4. The van der Waals surface area contributed by atoms with Crippen LogP contribution in [0.25, 0.3) is 0 Å². The monoisotopic (exact) mass is 1040 g/mol. The van der Waals surface area contributed by atoms with Gasteiger partial charge in [0.25, 0.3) is 0 Å². The molecule has 26 nitrogen and oxygen atoms in total. The number of phenols is 2. The first-order valence-electron chi connectivity index (χ1n) is 23.8. The van der Waals surface area contributed by atoms with Crippen LogP contribution in [0.3, 0.4) is 0 Å². The smallest absolute Gasteiger partial charge is 0.305 e. The Labute approximate surface area is 426 Å². The average Bonchev–Trinajstić information content (AvgIpc) is 3.82. The second kappa shape index (κ2) is 28.4. The topological polar surface area (TPSA) is 428 Å². The van der Waals surface area contributed by atoms with E-state index in [4.69, 9.17) is 11.5 Å². The van der Waals surface area contributed by atoms with E-state index in [0.717, 1.165) is 4.90 Å². The first-order chi connectivity index (χ1) is 34.7. The number of benzene rings is 2. The van der Waals surface area contributed by atoms with Gasteiger partial charge in [0.05, 0.1) is 25.5 Å². The van der Waals surface area contributed by atoms with E-state index >= 15 is 0 Å². The van der Waals surface area contributed by atoms with Crippen molar-refractivity contribution < 1.29 is 78.3 Å². The third kappa shape index (κ3) is 19.0. The third-order valence-corrected chi connectivity index (χ3v) is 11.8. The molecular weight excluding hydrogens is 973 g/mol. The molecule has 26 heteroatoms. The Hall–Kier alpha value is -7.87. The number of carbonyl (C=O) groups is 11. The van der Waals surface area contributed by atoms with Crippen molar-refractivity contribution in [3.8, 4) is 11.5 Å². The minimum Gasteiger partial charge on any atom is -0.508 e. The van der Waals surface area contributed by atoms with E-state index in [0.29, 0.717) is 11.1 Å². The van der Waals surface area contributed by atoms with Crippen LogP contribution in [0, 0.1) is 11.8 Å². The fourth-order valence-corrected chi connectivity index (χ4v) is 7.75. The second-order valence-electron chi connectivity index (χ2n) is 18.7. The molecule has 74 heavy (non-hydrogen) atoms. The quantitative estimate of drug-likeness (QED) is 0.0398. The predicted octanol–water partition coefficient (Wildman–Crippen LogP) is -3.26. The summed E-state index contributed by atoms with van der Waals surface area (Å²) < 4.78 is 0. The van der Waals surface area contributed by atoms with Gasteiger partial charge in [-0.15, -0.1) is 0 Å². The number of phenolic OH excluding ortho intramolecular Hbond substituents is 2. The van der Waals surface area contributed by atoms with Crippen LogP contribution in [0.1, 0.15) is 77.8 Å². The number of aliphatic hydroxyl groups is 1. The number of carbonyl (C=O) groups excluding carboxylic acids is 9. The molecule has 0 aliphatic carbocycles. The number of carboxylic acids is 2. The maximum atomic E-state index is 14.2. The van der Waals surface area contributed by atoms with Crippen molar-refractivity contribution in [2.75, 3.05) is 13.2 Å². The van der Waals surface area contributed by atoms with E-state index in [-0.39, 0.29) is 56.1 Å². The number of aliphatic hydroxyl groups excluding tert-OH is 1.